The van der Waals surface area contributed by atoms with E-state index in [2.05, 4.69) is 10.6 Å². The first kappa shape index (κ1) is 20.5. The van der Waals surface area contributed by atoms with Gasteiger partial charge in [-0.15, -0.1) is 0 Å². The van der Waals surface area contributed by atoms with Crippen LogP contribution in [0.15, 0.2) is 18.2 Å². The molecule has 2 rings (SSSR count). The molecule has 0 bridgehead atoms. The third kappa shape index (κ3) is 6.84. The summed E-state index contributed by atoms with van der Waals surface area (Å²) in [6.07, 6.45) is 5.42. The quantitative estimate of drug-likeness (QED) is 0.683. The van der Waals surface area contributed by atoms with Gasteiger partial charge in [0, 0.05) is 12.5 Å². The van der Waals surface area contributed by atoms with Crippen LogP contribution in [0, 0.1) is 0 Å². The number of esters is 1. The summed E-state index contributed by atoms with van der Waals surface area (Å²) in [4.78, 5) is 35.3. The lowest BCUT2D eigenvalue weighted by Crippen LogP contribution is -2.36. The van der Waals surface area contributed by atoms with Gasteiger partial charge in [-0.25, -0.2) is 0 Å². The van der Waals surface area contributed by atoms with E-state index >= 15 is 0 Å². The summed E-state index contributed by atoms with van der Waals surface area (Å²) < 4.78 is 4.88. The van der Waals surface area contributed by atoms with E-state index in [4.69, 9.17) is 27.9 Å². The van der Waals surface area contributed by atoms with Crippen molar-refractivity contribution in [1.82, 2.24) is 5.32 Å². The molecule has 1 aromatic rings. The van der Waals surface area contributed by atoms with Gasteiger partial charge in [-0.1, -0.05) is 48.5 Å². The first-order chi connectivity index (χ1) is 12.5. The molecule has 0 heterocycles. The number of rotatable bonds is 7. The number of amides is 2. The van der Waals surface area contributed by atoms with Crippen molar-refractivity contribution in [3.05, 3.63) is 28.2 Å². The molecule has 2 N–H and O–H groups in total. The molecular formula is C18H22Cl2N2O4. The van der Waals surface area contributed by atoms with Crippen LogP contribution in [-0.2, 0) is 19.1 Å². The number of halogens is 2. The average Bonchev–Trinajstić information content (AvgIpc) is 2.63. The largest absolute Gasteiger partial charge is 0.456 e. The highest BCUT2D eigenvalue weighted by molar-refractivity contribution is 6.44. The maximum atomic E-state index is 11.8. The average molecular weight is 401 g/mol. The van der Waals surface area contributed by atoms with Crippen molar-refractivity contribution in [3.8, 4) is 0 Å². The molecule has 6 nitrogen and oxygen atoms in total. The van der Waals surface area contributed by atoms with Gasteiger partial charge in [-0.05, 0) is 25.0 Å². The van der Waals surface area contributed by atoms with Gasteiger partial charge in [0.1, 0.15) is 0 Å². The van der Waals surface area contributed by atoms with Gasteiger partial charge in [-0.3, -0.25) is 14.4 Å². The molecule has 0 spiro atoms. The number of nitrogens with one attached hydrogen (secondary N) is 2. The zero-order valence-electron chi connectivity index (χ0n) is 14.4. The van der Waals surface area contributed by atoms with E-state index in [-0.39, 0.29) is 29.8 Å². The van der Waals surface area contributed by atoms with Crippen LogP contribution in [0.2, 0.25) is 10.0 Å². The van der Waals surface area contributed by atoms with E-state index < -0.39 is 18.5 Å². The van der Waals surface area contributed by atoms with E-state index in [9.17, 15) is 14.4 Å². The van der Waals surface area contributed by atoms with Crippen LogP contribution in [-0.4, -0.2) is 30.4 Å². The highest BCUT2D eigenvalue weighted by Gasteiger charge is 2.17. The first-order valence-electron chi connectivity index (χ1n) is 8.64. The molecule has 1 fully saturated rings. The van der Waals surface area contributed by atoms with Crippen LogP contribution in [0.5, 0.6) is 0 Å². The summed E-state index contributed by atoms with van der Waals surface area (Å²) in [6.45, 7) is -0.452. The lowest BCUT2D eigenvalue weighted by atomic mass is 9.95. The molecule has 1 aliphatic rings. The van der Waals surface area contributed by atoms with Crippen LogP contribution in [0.1, 0.15) is 44.9 Å². The normalized spacial score (nSPS) is 14.5. The van der Waals surface area contributed by atoms with E-state index in [0.29, 0.717) is 10.7 Å². The Bertz CT molecular complexity index is 661. The van der Waals surface area contributed by atoms with Crippen molar-refractivity contribution >= 4 is 46.7 Å². The van der Waals surface area contributed by atoms with Crippen molar-refractivity contribution in [2.24, 2.45) is 0 Å². The Balaban J connectivity index is 1.65. The fraction of sp³-hybridized carbons (Fsp3) is 0.500. The predicted molar refractivity (Wildman–Crippen MR) is 100 cm³/mol. The first-order valence-corrected chi connectivity index (χ1v) is 9.40. The zero-order chi connectivity index (χ0) is 18.9. The molecule has 1 saturated carbocycles. The smallest absolute Gasteiger partial charge is 0.306 e. The molecule has 0 aliphatic heterocycles. The summed E-state index contributed by atoms with van der Waals surface area (Å²) in [6, 6.07) is 5.03. The number of carbonyl (C=O) groups is 3. The minimum absolute atomic E-state index is 0.0527. The molecule has 0 aromatic heterocycles. The number of hydrogen-bond donors (Lipinski definition) is 2. The van der Waals surface area contributed by atoms with Gasteiger partial charge in [0.2, 0.25) is 5.91 Å². The van der Waals surface area contributed by atoms with Gasteiger partial charge in [0.15, 0.2) is 6.61 Å². The van der Waals surface area contributed by atoms with Crippen LogP contribution in [0.25, 0.3) is 0 Å². The van der Waals surface area contributed by atoms with Crippen LogP contribution in [0.4, 0.5) is 5.69 Å². The van der Waals surface area contributed by atoms with Gasteiger partial charge in [-0.2, -0.15) is 0 Å². The van der Waals surface area contributed by atoms with E-state index in [1.165, 1.54) is 6.42 Å². The Morgan fingerprint density at radius 3 is 2.50 bits per heavy atom. The minimum Gasteiger partial charge on any atom is -0.456 e. The lowest BCUT2D eigenvalue weighted by Gasteiger charge is -2.22. The fourth-order valence-electron chi connectivity index (χ4n) is 2.77. The van der Waals surface area contributed by atoms with E-state index in [1.807, 2.05) is 0 Å². The maximum absolute atomic E-state index is 11.8. The Labute approximate surface area is 162 Å². The molecular weight excluding hydrogens is 379 g/mol. The molecule has 0 saturated heterocycles. The highest BCUT2D eigenvalue weighted by Crippen LogP contribution is 2.29. The molecule has 0 radical (unpaired) electrons. The molecule has 0 atom stereocenters. The van der Waals surface area contributed by atoms with Crippen LogP contribution in [0.3, 0.4) is 0 Å². The summed E-state index contributed by atoms with van der Waals surface area (Å²) in [7, 11) is 0. The second kappa shape index (κ2) is 10.4. The summed E-state index contributed by atoms with van der Waals surface area (Å²) >= 11 is 11.8. The molecule has 1 aromatic carbocycles. The Morgan fingerprint density at radius 1 is 1.04 bits per heavy atom. The molecule has 8 heteroatoms. The topological polar surface area (TPSA) is 84.5 Å². The van der Waals surface area contributed by atoms with Crippen molar-refractivity contribution in [3.63, 3.8) is 0 Å². The Kier molecular flexibility index (Phi) is 8.19. The molecule has 2 amide bonds. The van der Waals surface area contributed by atoms with Crippen molar-refractivity contribution in [2.75, 3.05) is 11.9 Å². The number of carbonyl (C=O) groups excluding carboxylic acids is 3. The molecule has 142 valence electrons. The number of anilines is 1. The number of ether oxygens (including phenoxy) is 1. The second-order valence-electron chi connectivity index (χ2n) is 6.21. The van der Waals surface area contributed by atoms with Gasteiger partial charge in [0.05, 0.1) is 22.2 Å². The van der Waals surface area contributed by atoms with Gasteiger partial charge in [0.25, 0.3) is 5.91 Å². The van der Waals surface area contributed by atoms with Crippen molar-refractivity contribution in [1.29, 1.82) is 0 Å². The Morgan fingerprint density at radius 2 is 1.77 bits per heavy atom. The van der Waals surface area contributed by atoms with Gasteiger partial charge >= 0.3 is 5.97 Å². The van der Waals surface area contributed by atoms with Gasteiger partial charge < -0.3 is 15.4 Å². The SMILES string of the molecule is O=C(COC(=O)CCC(=O)NC1CCCCC1)Nc1cccc(Cl)c1Cl. The third-order valence-electron chi connectivity index (χ3n) is 4.12. The van der Waals surface area contributed by atoms with Crippen LogP contribution >= 0.6 is 23.2 Å². The minimum atomic E-state index is -0.601. The fourth-order valence-corrected chi connectivity index (χ4v) is 3.11. The highest BCUT2D eigenvalue weighted by atomic mass is 35.5. The van der Waals surface area contributed by atoms with Crippen molar-refractivity contribution in [2.45, 2.75) is 51.0 Å². The monoisotopic (exact) mass is 400 g/mol. The zero-order valence-corrected chi connectivity index (χ0v) is 15.9. The van der Waals surface area contributed by atoms with E-state index in [0.717, 1.165) is 25.7 Å². The standard InChI is InChI=1S/C18H22Cl2N2O4/c19-13-7-4-8-14(18(13)20)22-16(24)11-26-17(25)10-9-15(23)21-12-5-2-1-3-6-12/h4,7-8,12H,1-3,5-6,9-11H2,(H,21,23)(H,22,24). The summed E-state index contributed by atoms with van der Waals surface area (Å²) in [5, 5.41) is 5.97. The second-order valence-corrected chi connectivity index (χ2v) is 7.00. The molecule has 1 aliphatic carbocycles. The van der Waals surface area contributed by atoms with Crippen LogP contribution < -0.4 is 10.6 Å². The van der Waals surface area contributed by atoms with Crippen molar-refractivity contribution < 1.29 is 19.1 Å². The molecule has 26 heavy (non-hydrogen) atoms. The number of hydrogen-bond acceptors (Lipinski definition) is 4. The lowest BCUT2D eigenvalue weighted by molar-refractivity contribution is -0.148. The Hall–Kier alpha value is -1.79. The summed E-state index contributed by atoms with van der Waals surface area (Å²) in [5.74, 6) is -1.30. The number of benzene rings is 1. The maximum Gasteiger partial charge on any atom is 0.306 e. The predicted octanol–water partition coefficient (Wildman–Crippen LogP) is 3.70. The summed E-state index contributed by atoms with van der Waals surface area (Å²) in [5.41, 5.74) is 0.340. The van der Waals surface area contributed by atoms with E-state index in [1.54, 1.807) is 18.2 Å². The third-order valence-corrected chi connectivity index (χ3v) is 4.94. The molecule has 0 unspecified atom stereocenters.